The van der Waals surface area contributed by atoms with Crippen LogP contribution in [0.15, 0.2) is 9.98 Å². The van der Waals surface area contributed by atoms with E-state index in [4.69, 9.17) is 0 Å². The van der Waals surface area contributed by atoms with Crippen LogP contribution in [-0.4, -0.2) is 41.4 Å². The Morgan fingerprint density at radius 2 is 1.23 bits per heavy atom. The van der Waals surface area contributed by atoms with Gasteiger partial charge in [-0.1, -0.05) is 42.8 Å². The quantitative estimate of drug-likeness (QED) is 0.325. The molecule has 120 valence electrons. The Bertz CT molecular complexity index is 334. The predicted octanol–water partition coefficient (Wildman–Crippen LogP) is 1.21. The summed E-state index contributed by atoms with van der Waals surface area (Å²) in [6, 6.07) is 4.04. The molecule has 2 fully saturated rings. The minimum absolute atomic E-state index is 0. The van der Waals surface area contributed by atoms with Gasteiger partial charge in [0, 0.05) is 14.1 Å². The van der Waals surface area contributed by atoms with Crippen molar-refractivity contribution in [2.45, 2.75) is 76.3 Å². The first-order chi connectivity index (χ1) is 10.1. The standard InChI is InChI=1S/C13H22N2.C3H7NS2.Na/c1-3-7-12(8-4-1)14-11-15-13-9-5-2-6-10-13;1-4(2)3(5)6;/h12-13H,1-10H2;1-2H3,(H,5,6);/q;;+1/p-1. The fourth-order valence-electron chi connectivity index (χ4n) is 2.62. The number of hydrogen-bond acceptors (Lipinski definition) is 4. The van der Waals surface area contributed by atoms with Crippen molar-refractivity contribution in [2.75, 3.05) is 14.1 Å². The SMILES string of the molecule is C(=NC1CCCCC1)=NC1CCCCC1.CN(C)C(=S)[S-].[Na+]. The third kappa shape index (κ3) is 11.1. The van der Waals surface area contributed by atoms with Gasteiger partial charge >= 0.3 is 29.6 Å². The molecular formula is C16H28N3NaS2. The molecule has 0 atom stereocenters. The second kappa shape index (κ2) is 13.9. The molecule has 2 aliphatic carbocycles. The van der Waals surface area contributed by atoms with E-state index in [1.54, 1.807) is 4.90 Å². The van der Waals surface area contributed by atoms with Crippen molar-refractivity contribution in [3.05, 3.63) is 0 Å². The van der Waals surface area contributed by atoms with E-state index < -0.39 is 0 Å². The minimum atomic E-state index is 0. The van der Waals surface area contributed by atoms with Crippen molar-refractivity contribution in [1.29, 1.82) is 0 Å². The molecule has 0 aromatic carbocycles. The van der Waals surface area contributed by atoms with E-state index in [1.807, 2.05) is 14.1 Å². The van der Waals surface area contributed by atoms with Crippen LogP contribution in [0.1, 0.15) is 64.2 Å². The van der Waals surface area contributed by atoms with Crippen LogP contribution in [-0.2, 0) is 12.6 Å². The molecule has 0 saturated heterocycles. The fourth-order valence-corrected chi connectivity index (χ4v) is 2.62. The summed E-state index contributed by atoms with van der Waals surface area (Å²) in [4.78, 5) is 10.6. The van der Waals surface area contributed by atoms with Gasteiger partial charge in [-0.3, -0.25) is 0 Å². The van der Waals surface area contributed by atoms with E-state index in [2.05, 4.69) is 40.8 Å². The summed E-state index contributed by atoms with van der Waals surface area (Å²) < 4.78 is 0.509. The molecule has 2 aliphatic rings. The molecule has 0 N–H and O–H groups in total. The van der Waals surface area contributed by atoms with Gasteiger partial charge in [0.1, 0.15) is 0 Å². The summed E-state index contributed by atoms with van der Waals surface area (Å²) >= 11 is 9.12. The maximum atomic E-state index is 4.56. The van der Waals surface area contributed by atoms with Gasteiger partial charge in [0.05, 0.1) is 18.1 Å². The molecule has 0 aliphatic heterocycles. The van der Waals surface area contributed by atoms with Gasteiger partial charge in [-0.15, -0.1) is 0 Å². The van der Waals surface area contributed by atoms with Crippen molar-refractivity contribution in [2.24, 2.45) is 9.98 Å². The third-order valence-corrected chi connectivity index (χ3v) is 4.73. The Labute approximate surface area is 169 Å². The number of hydrogen-bond donors (Lipinski definition) is 0. The summed E-state index contributed by atoms with van der Waals surface area (Å²) in [5.74, 6) is 0. The predicted molar refractivity (Wildman–Crippen MR) is 97.3 cm³/mol. The zero-order valence-corrected chi connectivity index (χ0v) is 18.0. The number of rotatable bonds is 2. The van der Waals surface area contributed by atoms with E-state index in [1.165, 1.54) is 64.2 Å². The number of aliphatic imine (C=N–C) groups is 2. The average Bonchev–Trinajstić information content (AvgIpc) is 2.50. The first-order valence-corrected chi connectivity index (χ1v) is 8.94. The second-order valence-electron chi connectivity index (χ2n) is 6.10. The van der Waals surface area contributed by atoms with Crippen molar-refractivity contribution in [3.63, 3.8) is 0 Å². The van der Waals surface area contributed by atoms with Crippen LogP contribution in [0.4, 0.5) is 0 Å². The molecule has 0 heterocycles. The molecule has 6 heteroatoms. The van der Waals surface area contributed by atoms with Crippen molar-refractivity contribution >= 4 is 35.2 Å². The Balaban J connectivity index is 0.000000546. The molecule has 0 aromatic rings. The van der Waals surface area contributed by atoms with E-state index in [0.29, 0.717) is 16.4 Å². The Morgan fingerprint density at radius 1 is 0.909 bits per heavy atom. The second-order valence-corrected chi connectivity index (χ2v) is 7.13. The summed E-state index contributed by atoms with van der Waals surface area (Å²) in [6.45, 7) is 0. The molecule has 2 rings (SSSR count). The molecule has 0 unspecified atom stereocenters. The van der Waals surface area contributed by atoms with Gasteiger partial charge in [0.2, 0.25) is 0 Å². The van der Waals surface area contributed by atoms with Crippen LogP contribution in [0.5, 0.6) is 0 Å². The first kappa shape index (κ1) is 22.5. The van der Waals surface area contributed by atoms with E-state index in [-0.39, 0.29) is 29.6 Å². The maximum absolute atomic E-state index is 4.56. The van der Waals surface area contributed by atoms with E-state index in [9.17, 15) is 0 Å². The van der Waals surface area contributed by atoms with Crippen LogP contribution >= 0.6 is 12.2 Å². The largest absolute Gasteiger partial charge is 1.00 e. The molecule has 22 heavy (non-hydrogen) atoms. The maximum Gasteiger partial charge on any atom is 1.00 e. The van der Waals surface area contributed by atoms with Gasteiger partial charge < -0.3 is 29.7 Å². The van der Waals surface area contributed by atoms with E-state index >= 15 is 0 Å². The molecule has 0 radical (unpaired) electrons. The normalized spacial score (nSPS) is 18.8. The smallest absolute Gasteiger partial charge is 0.411 e. The molecule has 3 nitrogen and oxygen atoms in total. The zero-order valence-electron chi connectivity index (χ0n) is 14.4. The summed E-state index contributed by atoms with van der Waals surface area (Å²) in [6.07, 6.45) is 13.2. The summed E-state index contributed by atoms with van der Waals surface area (Å²) in [5.41, 5.74) is 0. The van der Waals surface area contributed by atoms with Crippen molar-refractivity contribution < 1.29 is 29.6 Å². The van der Waals surface area contributed by atoms with Gasteiger partial charge in [-0.25, -0.2) is 9.98 Å². The van der Waals surface area contributed by atoms with Crippen LogP contribution in [0, 0.1) is 0 Å². The van der Waals surface area contributed by atoms with Gasteiger partial charge in [-0.05, 0) is 25.7 Å². The first-order valence-electron chi connectivity index (χ1n) is 8.12. The Morgan fingerprint density at radius 3 is 1.50 bits per heavy atom. The molecule has 0 amide bonds. The Kier molecular flexibility index (Phi) is 14.2. The van der Waals surface area contributed by atoms with Crippen LogP contribution in [0.2, 0.25) is 0 Å². The van der Waals surface area contributed by atoms with Crippen molar-refractivity contribution in [3.8, 4) is 0 Å². The number of thiocarbonyl (C=S) groups is 1. The van der Waals surface area contributed by atoms with Gasteiger partial charge in [0.25, 0.3) is 0 Å². The third-order valence-electron chi connectivity index (χ3n) is 4.00. The summed E-state index contributed by atoms with van der Waals surface area (Å²) in [7, 11) is 3.66. The molecule has 0 bridgehead atoms. The molecular weight excluding hydrogens is 321 g/mol. The van der Waals surface area contributed by atoms with E-state index in [0.717, 1.165) is 0 Å². The topological polar surface area (TPSA) is 28.0 Å². The van der Waals surface area contributed by atoms with Crippen molar-refractivity contribution in [1.82, 2.24) is 4.90 Å². The van der Waals surface area contributed by atoms with Gasteiger partial charge in [0.15, 0.2) is 0 Å². The molecule has 0 aromatic heterocycles. The zero-order chi connectivity index (χ0) is 15.5. The Hall–Kier alpha value is 0.490. The fraction of sp³-hybridized carbons (Fsp3) is 0.875. The van der Waals surface area contributed by atoms with Crippen LogP contribution in [0.25, 0.3) is 0 Å². The van der Waals surface area contributed by atoms with Gasteiger partial charge in [-0.2, -0.15) is 0 Å². The average molecular weight is 350 g/mol. The number of nitrogens with zero attached hydrogens (tertiary/aromatic N) is 3. The monoisotopic (exact) mass is 349 g/mol. The van der Waals surface area contributed by atoms with Crippen LogP contribution < -0.4 is 29.6 Å². The molecule has 0 spiro atoms. The minimum Gasteiger partial charge on any atom is -0.411 e. The summed E-state index contributed by atoms with van der Waals surface area (Å²) in [5, 5.41) is 0. The van der Waals surface area contributed by atoms with Crippen LogP contribution in [0.3, 0.4) is 0 Å². The molecule has 2 saturated carbocycles.